The van der Waals surface area contributed by atoms with E-state index in [-0.39, 0.29) is 31.5 Å². The maximum atomic E-state index is 13.9. The van der Waals surface area contributed by atoms with Gasteiger partial charge in [0, 0.05) is 24.8 Å². The van der Waals surface area contributed by atoms with E-state index in [0.717, 1.165) is 16.7 Å². The Bertz CT molecular complexity index is 1840. The summed E-state index contributed by atoms with van der Waals surface area (Å²) in [4.78, 5) is 13.9. The number of rotatable bonds is 14. The van der Waals surface area contributed by atoms with Crippen LogP contribution in [0.25, 0.3) is 6.08 Å². The number of allylic oxidation sites excluding steroid dienone is 1. The normalized spacial score (nSPS) is 12.7. The fourth-order valence-electron chi connectivity index (χ4n) is 5.04. The van der Waals surface area contributed by atoms with Crippen LogP contribution in [0, 0.1) is 0 Å². The van der Waals surface area contributed by atoms with Crippen molar-refractivity contribution in [3.05, 3.63) is 149 Å². The van der Waals surface area contributed by atoms with Gasteiger partial charge >= 0.3 is 0 Å². The van der Waals surface area contributed by atoms with Gasteiger partial charge in [-0.05, 0) is 34.9 Å². The highest BCUT2D eigenvalue weighted by molar-refractivity contribution is 6.16. The van der Waals surface area contributed by atoms with Crippen molar-refractivity contribution < 1.29 is 38.0 Å². The second kappa shape index (κ2) is 15.0. The second-order valence-electron chi connectivity index (χ2n) is 10.6. The first-order valence-electron chi connectivity index (χ1n) is 15.1. The Hall–Kier alpha value is -5.73. The van der Waals surface area contributed by atoms with E-state index in [1.807, 2.05) is 91.0 Å². The molecule has 0 saturated heterocycles. The van der Waals surface area contributed by atoms with Crippen LogP contribution in [-0.4, -0.2) is 26.8 Å². The molecule has 0 radical (unpaired) electrons. The van der Waals surface area contributed by atoms with Gasteiger partial charge in [-0.3, -0.25) is 4.79 Å². The number of methoxy groups -OCH3 is 2. The van der Waals surface area contributed by atoms with Gasteiger partial charge in [0.25, 0.3) is 0 Å². The lowest BCUT2D eigenvalue weighted by Crippen LogP contribution is -2.06. The van der Waals surface area contributed by atoms with Gasteiger partial charge in [-0.15, -0.1) is 0 Å². The van der Waals surface area contributed by atoms with Crippen LogP contribution in [0.2, 0.25) is 0 Å². The lowest BCUT2D eigenvalue weighted by Gasteiger charge is -2.18. The fourth-order valence-corrected chi connectivity index (χ4v) is 5.04. The quantitative estimate of drug-likeness (QED) is 0.0901. The Morgan fingerprint density at radius 1 is 0.617 bits per heavy atom. The summed E-state index contributed by atoms with van der Waals surface area (Å²) in [7, 11) is 3.08. The smallest absolute Gasteiger partial charge is 0.235 e. The lowest BCUT2D eigenvalue weighted by molar-refractivity contribution is 0.0479. The van der Waals surface area contributed by atoms with E-state index in [1.54, 1.807) is 37.5 Å². The van der Waals surface area contributed by atoms with Crippen molar-refractivity contribution in [3.63, 3.8) is 0 Å². The van der Waals surface area contributed by atoms with Crippen LogP contribution >= 0.6 is 0 Å². The summed E-state index contributed by atoms with van der Waals surface area (Å²) in [5, 5.41) is 0. The van der Waals surface area contributed by atoms with Gasteiger partial charge in [-0.1, -0.05) is 91.0 Å². The van der Waals surface area contributed by atoms with Crippen LogP contribution in [0.1, 0.15) is 32.6 Å². The number of Topliss-reactive ketones (excluding diaryl/α,β-unsaturated/α-hetero) is 1. The number of fused-ring (bicyclic) bond motifs is 1. The molecule has 6 rings (SSSR count). The molecule has 0 bridgehead atoms. The summed E-state index contributed by atoms with van der Waals surface area (Å²) < 4.78 is 41.5. The number of ketones is 1. The summed E-state index contributed by atoms with van der Waals surface area (Å²) >= 11 is 0. The second-order valence-corrected chi connectivity index (χ2v) is 10.6. The minimum Gasteiger partial charge on any atom is -0.493 e. The zero-order chi connectivity index (χ0) is 32.4. The first-order chi connectivity index (χ1) is 23.1. The van der Waals surface area contributed by atoms with E-state index in [1.165, 1.54) is 7.11 Å². The van der Waals surface area contributed by atoms with Gasteiger partial charge in [0.1, 0.15) is 42.6 Å². The van der Waals surface area contributed by atoms with Crippen LogP contribution in [0.15, 0.2) is 121 Å². The average Bonchev–Trinajstić information content (AvgIpc) is 3.43. The van der Waals surface area contributed by atoms with Crippen molar-refractivity contribution in [1.82, 2.24) is 0 Å². The third-order valence-corrected chi connectivity index (χ3v) is 7.36. The molecule has 1 heterocycles. The highest BCUT2D eigenvalue weighted by atomic mass is 16.7. The van der Waals surface area contributed by atoms with Gasteiger partial charge in [0.2, 0.25) is 11.5 Å². The van der Waals surface area contributed by atoms with Crippen molar-refractivity contribution in [2.75, 3.05) is 21.0 Å². The zero-order valence-electron chi connectivity index (χ0n) is 26.1. The Morgan fingerprint density at radius 2 is 1.21 bits per heavy atom. The van der Waals surface area contributed by atoms with E-state index in [0.29, 0.717) is 52.2 Å². The number of benzene rings is 5. The number of ether oxygens (including phenoxy) is 7. The molecule has 0 fully saturated rings. The van der Waals surface area contributed by atoms with Crippen LogP contribution in [0.3, 0.4) is 0 Å². The molecule has 47 heavy (non-hydrogen) atoms. The van der Waals surface area contributed by atoms with E-state index in [4.69, 9.17) is 33.2 Å². The Labute approximate surface area is 273 Å². The first-order valence-corrected chi connectivity index (χ1v) is 15.1. The maximum absolute atomic E-state index is 13.9. The molecule has 0 aromatic heterocycles. The molecule has 0 spiro atoms. The number of hydrogen-bond donors (Lipinski definition) is 0. The number of carbonyl (C=O) groups excluding carboxylic acids is 1. The third-order valence-electron chi connectivity index (χ3n) is 7.36. The molecular weight excluding hydrogens is 596 g/mol. The van der Waals surface area contributed by atoms with Gasteiger partial charge in [0.15, 0.2) is 24.1 Å². The summed E-state index contributed by atoms with van der Waals surface area (Å²) in [6.45, 7) is 0.818. The molecule has 5 aromatic rings. The number of hydrogen-bond acceptors (Lipinski definition) is 8. The minimum atomic E-state index is -0.335. The van der Waals surface area contributed by atoms with E-state index in [2.05, 4.69) is 0 Å². The van der Waals surface area contributed by atoms with Crippen LogP contribution in [0.5, 0.6) is 34.5 Å². The van der Waals surface area contributed by atoms with E-state index in [9.17, 15) is 4.79 Å². The average molecular weight is 631 g/mol. The molecule has 0 saturated carbocycles. The predicted octanol–water partition coefficient (Wildman–Crippen LogP) is 8.03. The lowest BCUT2D eigenvalue weighted by atomic mass is 10.1. The standard InChI is InChI=1S/C39H34O8/c1-41-26-46-38-30(18-19-32(42-2)39(38)45-25-29-16-10-5-11-17-29)20-35-37(40)36-33(44-24-28-14-8-4-9-15-28)21-31(22-34(36)47-35)43-23-27-12-6-3-7-13-27/h3-22H,23-26H2,1-2H3. The van der Waals surface area contributed by atoms with Crippen LogP contribution in [0.4, 0.5) is 0 Å². The number of carbonyl (C=O) groups is 1. The highest BCUT2D eigenvalue weighted by Gasteiger charge is 2.33. The van der Waals surface area contributed by atoms with E-state index < -0.39 is 0 Å². The van der Waals surface area contributed by atoms with Crippen LogP contribution in [-0.2, 0) is 24.6 Å². The summed E-state index contributed by atoms with van der Waals surface area (Å²) in [5.74, 6) is 2.14. The molecule has 1 aliphatic rings. The molecule has 5 aromatic carbocycles. The summed E-state index contributed by atoms with van der Waals surface area (Å²) in [5.41, 5.74) is 3.78. The largest absolute Gasteiger partial charge is 0.493 e. The fraction of sp³-hybridized carbons (Fsp3) is 0.154. The molecule has 0 aliphatic carbocycles. The van der Waals surface area contributed by atoms with Gasteiger partial charge < -0.3 is 33.2 Å². The van der Waals surface area contributed by atoms with Crippen molar-refractivity contribution in [1.29, 1.82) is 0 Å². The van der Waals surface area contributed by atoms with E-state index >= 15 is 0 Å². The Kier molecular flexibility index (Phi) is 10.00. The van der Waals surface area contributed by atoms with Gasteiger partial charge in [0.05, 0.1) is 7.11 Å². The molecule has 8 heteroatoms. The molecule has 0 unspecified atom stereocenters. The molecular formula is C39H34O8. The molecule has 8 nitrogen and oxygen atoms in total. The molecule has 238 valence electrons. The topological polar surface area (TPSA) is 81.7 Å². The van der Waals surface area contributed by atoms with Crippen LogP contribution < -0.4 is 28.4 Å². The molecule has 0 amide bonds. The Balaban J connectivity index is 1.33. The highest BCUT2D eigenvalue weighted by Crippen LogP contribution is 2.45. The van der Waals surface area contributed by atoms with Gasteiger partial charge in [-0.25, -0.2) is 0 Å². The summed E-state index contributed by atoms with van der Waals surface area (Å²) in [6.07, 6.45) is 1.62. The monoisotopic (exact) mass is 630 g/mol. The minimum absolute atomic E-state index is 0.0559. The zero-order valence-corrected chi connectivity index (χ0v) is 26.1. The SMILES string of the molecule is COCOc1c(C=C2Oc3cc(OCc4ccccc4)cc(OCc4ccccc4)c3C2=O)ccc(OC)c1OCc1ccccc1. The third kappa shape index (κ3) is 7.57. The van der Waals surface area contributed by atoms with Gasteiger partial charge in [-0.2, -0.15) is 0 Å². The van der Waals surface area contributed by atoms with Crippen molar-refractivity contribution >= 4 is 11.9 Å². The molecule has 0 N–H and O–H groups in total. The Morgan fingerprint density at radius 3 is 1.81 bits per heavy atom. The molecule has 0 atom stereocenters. The predicted molar refractivity (Wildman–Crippen MR) is 177 cm³/mol. The molecule has 1 aliphatic heterocycles. The maximum Gasteiger partial charge on any atom is 0.235 e. The van der Waals surface area contributed by atoms with Crippen molar-refractivity contribution in [3.8, 4) is 34.5 Å². The first kappa shape index (κ1) is 31.3. The van der Waals surface area contributed by atoms with Crippen molar-refractivity contribution in [2.45, 2.75) is 19.8 Å². The van der Waals surface area contributed by atoms with Crippen molar-refractivity contribution in [2.24, 2.45) is 0 Å². The summed E-state index contributed by atoms with van der Waals surface area (Å²) in [6, 6.07) is 36.3.